The summed E-state index contributed by atoms with van der Waals surface area (Å²) in [6, 6.07) is 2.79. The molecule has 2 heteroatoms. The maximum absolute atomic E-state index is 13.6. The molecular formula is C21H32F2. The standard InChI is InChI=1S/C21H28F2.2H2/c1-3-15-4-6-16(7-5-15)17-8-10-18(11-9-17)19-13-21(23)20(22)12-14(19)2;;/h3,12-13,15-18H,1,4-11H2,2H3;2*1H. The van der Waals surface area contributed by atoms with Gasteiger partial charge in [-0.15, -0.1) is 6.58 Å². The second-order valence-corrected chi connectivity index (χ2v) is 7.65. The number of rotatable bonds is 3. The van der Waals surface area contributed by atoms with E-state index in [4.69, 9.17) is 0 Å². The van der Waals surface area contributed by atoms with Gasteiger partial charge in [0.05, 0.1) is 0 Å². The van der Waals surface area contributed by atoms with Gasteiger partial charge in [0.25, 0.3) is 0 Å². The Kier molecular flexibility index (Phi) is 5.18. The number of benzene rings is 1. The van der Waals surface area contributed by atoms with Gasteiger partial charge in [-0.1, -0.05) is 6.08 Å². The van der Waals surface area contributed by atoms with Gasteiger partial charge in [0.2, 0.25) is 0 Å². The Morgan fingerprint density at radius 3 is 2.00 bits per heavy atom. The number of hydrogen-bond donors (Lipinski definition) is 0. The molecule has 0 unspecified atom stereocenters. The molecular weight excluding hydrogens is 290 g/mol. The molecule has 0 saturated heterocycles. The minimum atomic E-state index is -0.723. The molecule has 130 valence electrons. The number of hydrogen-bond acceptors (Lipinski definition) is 0. The Bertz CT molecular complexity index is 557. The number of aryl methyl sites for hydroxylation is 1. The molecule has 0 atom stereocenters. The first-order valence-electron chi connectivity index (χ1n) is 9.16. The van der Waals surface area contributed by atoms with Crippen molar-refractivity contribution in [2.24, 2.45) is 17.8 Å². The Balaban J connectivity index is 0.00000156. The van der Waals surface area contributed by atoms with Crippen LogP contribution in [0.1, 0.15) is 71.3 Å². The van der Waals surface area contributed by atoms with Crippen LogP contribution in [0.2, 0.25) is 0 Å². The second kappa shape index (κ2) is 7.15. The highest BCUT2D eigenvalue weighted by Crippen LogP contribution is 2.44. The third-order valence-corrected chi connectivity index (χ3v) is 6.34. The lowest BCUT2D eigenvalue weighted by Gasteiger charge is -2.37. The highest BCUT2D eigenvalue weighted by atomic mass is 19.2. The van der Waals surface area contributed by atoms with E-state index in [2.05, 4.69) is 12.7 Å². The third kappa shape index (κ3) is 3.67. The van der Waals surface area contributed by atoms with Crippen molar-refractivity contribution in [1.29, 1.82) is 0 Å². The van der Waals surface area contributed by atoms with Gasteiger partial charge in [0.1, 0.15) is 0 Å². The first-order valence-corrected chi connectivity index (χ1v) is 9.16. The van der Waals surface area contributed by atoms with Crippen LogP contribution in [0, 0.1) is 36.3 Å². The van der Waals surface area contributed by atoms with Gasteiger partial charge in [0, 0.05) is 2.85 Å². The van der Waals surface area contributed by atoms with Crippen LogP contribution in [-0.2, 0) is 0 Å². The Labute approximate surface area is 142 Å². The molecule has 0 nitrogen and oxygen atoms in total. The van der Waals surface area contributed by atoms with Gasteiger partial charge >= 0.3 is 0 Å². The molecule has 23 heavy (non-hydrogen) atoms. The van der Waals surface area contributed by atoms with Crippen molar-refractivity contribution in [1.82, 2.24) is 0 Å². The number of allylic oxidation sites excluding steroid dienone is 1. The van der Waals surface area contributed by atoms with E-state index < -0.39 is 11.6 Å². The summed E-state index contributed by atoms with van der Waals surface area (Å²) in [4.78, 5) is 0. The average Bonchev–Trinajstić information content (AvgIpc) is 2.58. The number of halogens is 2. The molecule has 0 amide bonds. The van der Waals surface area contributed by atoms with Crippen molar-refractivity contribution >= 4 is 0 Å². The minimum Gasteiger partial charge on any atom is -0.204 e. The predicted molar refractivity (Wildman–Crippen MR) is 95.7 cm³/mol. The smallest absolute Gasteiger partial charge is 0.159 e. The second-order valence-electron chi connectivity index (χ2n) is 7.65. The van der Waals surface area contributed by atoms with Gasteiger partial charge in [-0.3, -0.25) is 0 Å². The Hall–Kier alpha value is -1.18. The summed E-state index contributed by atoms with van der Waals surface area (Å²) in [5.41, 5.74) is 1.93. The van der Waals surface area contributed by atoms with Crippen LogP contribution in [0.3, 0.4) is 0 Å². The van der Waals surface area contributed by atoms with Crippen LogP contribution >= 0.6 is 0 Å². The molecule has 0 spiro atoms. The summed E-state index contributed by atoms with van der Waals surface area (Å²) >= 11 is 0. The molecule has 0 aromatic heterocycles. The molecule has 2 aliphatic rings. The van der Waals surface area contributed by atoms with Gasteiger partial charge < -0.3 is 0 Å². The summed E-state index contributed by atoms with van der Waals surface area (Å²) < 4.78 is 26.9. The van der Waals surface area contributed by atoms with Crippen molar-refractivity contribution in [2.45, 2.75) is 64.2 Å². The zero-order valence-electron chi connectivity index (χ0n) is 14.2. The maximum Gasteiger partial charge on any atom is 0.159 e. The van der Waals surface area contributed by atoms with E-state index in [1.54, 1.807) is 0 Å². The molecule has 0 heterocycles. The van der Waals surface area contributed by atoms with Crippen molar-refractivity contribution in [3.05, 3.63) is 47.5 Å². The van der Waals surface area contributed by atoms with E-state index in [1.165, 1.54) is 50.7 Å². The Morgan fingerprint density at radius 2 is 1.43 bits per heavy atom. The Morgan fingerprint density at radius 1 is 0.913 bits per heavy atom. The topological polar surface area (TPSA) is 0 Å². The lowest BCUT2D eigenvalue weighted by Crippen LogP contribution is -2.25. The summed E-state index contributed by atoms with van der Waals surface area (Å²) in [6.45, 7) is 5.83. The molecule has 1 aromatic carbocycles. The van der Waals surface area contributed by atoms with E-state index in [9.17, 15) is 8.78 Å². The summed E-state index contributed by atoms with van der Waals surface area (Å²) in [7, 11) is 0. The fourth-order valence-electron chi connectivity index (χ4n) is 4.86. The monoisotopic (exact) mass is 322 g/mol. The highest BCUT2D eigenvalue weighted by Gasteiger charge is 2.31. The molecule has 0 bridgehead atoms. The van der Waals surface area contributed by atoms with Crippen LogP contribution < -0.4 is 0 Å². The van der Waals surface area contributed by atoms with Crippen LogP contribution in [-0.4, -0.2) is 0 Å². The van der Waals surface area contributed by atoms with Gasteiger partial charge in [0.15, 0.2) is 11.6 Å². The highest BCUT2D eigenvalue weighted by molar-refractivity contribution is 5.31. The van der Waals surface area contributed by atoms with Crippen LogP contribution in [0.15, 0.2) is 24.8 Å². The lowest BCUT2D eigenvalue weighted by molar-refractivity contribution is 0.171. The normalized spacial score (nSPS) is 31.8. The summed E-state index contributed by atoms with van der Waals surface area (Å²) in [5, 5.41) is 0. The molecule has 0 N–H and O–H groups in total. The quantitative estimate of drug-likeness (QED) is 0.524. The van der Waals surface area contributed by atoms with Crippen LogP contribution in [0.5, 0.6) is 0 Å². The van der Waals surface area contributed by atoms with Gasteiger partial charge in [-0.05, 0) is 105 Å². The summed E-state index contributed by atoms with van der Waals surface area (Å²) in [5.74, 6) is 1.42. The van der Waals surface area contributed by atoms with Crippen molar-refractivity contribution in [3.8, 4) is 0 Å². The lowest BCUT2D eigenvalue weighted by atomic mass is 9.68. The molecule has 3 rings (SSSR count). The van der Waals surface area contributed by atoms with E-state index in [-0.39, 0.29) is 2.85 Å². The first-order chi connectivity index (χ1) is 11.1. The van der Waals surface area contributed by atoms with E-state index in [1.807, 2.05) is 6.92 Å². The minimum absolute atomic E-state index is 0. The molecule has 2 saturated carbocycles. The zero-order chi connectivity index (χ0) is 16.4. The van der Waals surface area contributed by atoms with Crippen molar-refractivity contribution < 1.29 is 11.6 Å². The van der Waals surface area contributed by atoms with Gasteiger partial charge in [-0.2, -0.15) is 0 Å². The van der Waals surface area contributed by atoms with Crippen molar-refractivity contribution in [3.63, 3.8) is 0 Å². The molecule has 0 aliphatic heterocycles. The SMILES string of the molecule is C=CC1CCC(C2CCC(c3cc(F)c(F)cc3C)CC2)CC1.[HH].[HH]. The van der Waals surface area contributed by atoms with E-state index >= 15 is 0 Å². The van der Waals surface area contributed by atoms with Crippen LogP contribution in [0.4, 0.5) is 8.78 Å². The summed E-state index contributed by atoms with van der Waals surface area (Å²) in [6.07, 6.45) is 12.1. The molecule has 2 aliphatic carbocycles. The van der Waals surface area contributed by atoms with Crippen LogP contribution in [0.25, 0.3) is 0 Å². The first kappa shape index (κ1) is 16.7. The zero-order valence-corrected chi connectivity index (χ0v) is 14.2. The fourth-order valence-corrected chi connectivity index (χ4v) is 4.86. The van der Waals surface area contributed by atoms with E-state index in [0.29, 0.717) is 5.92 Å². The average molecular weight is 322 g/mol. The van der Waals surface area contributed by atoms with Gasteiger partial charge in [-0.25, -0.2) is 8.78 Å². The molecule has 0 radical (unpaired) electrons. The predicted octanol–water partition coefficient (Wildman–Crippen LogP) is 7.03. The largest absolute Gasteiger partial charge is 0.204 e. The molecule has 2 fully saturated rings. The fraction of sp³-hybridized carbons (Fsp3) is 0.619. The van der Waals surface area contributed by atoms with Crippen molar-refractivity contribution in [2.75, 3.05) is 0 Å². The maximum atomic E-state index is 13.6. The third-order valence-electron chi connectivity index (χ3n) is 6.34. The molecule has 1 aromatic rings. The van der Waals surface area contributed by atoms with E-state index in [0.717, 1.165) is 41.7 Å².